The van der Waals surface area contributed by atoms with Crippen LogP contribution in [0.3, 0.4) is 0 Å². The molecule has 0 saturated heterocycles. The number of hydrogen-bond acceptors (Lipinski definition) is 10. The summed E-state index contributed by atoms with van der Waals surface area (Å²) in [4.78, 5) is 99.2. The molecule has 1 aromatic carbocycles. The summed E-state index contributed by atoms with van der Waals surface area (Å²) in [6.45, 7) is 7.95. The smallest absolute Gasteiger partial charge is 0.325 e. The largest absolute Gasteiger partial charge is 0.481 e. The van der Waals surface area contributed by atoms with Gasteiger partial charge in [0.1, 0.15) is 24.2 Å². The first kappa shape index (κ1) is 43.9. The van der Waals surface area contributed by atoms with Gasteiger partial charge in [0.15, 0.2) is 6.10 Å². The van der Waals surface area contributed by atoms with Gasteiger partial charge in [0.25, 0.3) is 5.91 Å². The molecular weight excluding hydrogens is 672 g/mol. The summed E-state index contributed by atoms with van der Waals surface area (Å²) < 4.78 is 0. The minimum absolute atomic E-state index is 0.0808. The molecule has 284 valence electrons. The molecule has 0 fully saturated rings. The molecule has 0 unspecified atom stereocenters. The lowest BCUT2D eigenvalue weighted by Gasteiger charge is -2.30. The van der Waals surface area contributed by atoms with Gasteiger partial charge in [0.2, 0.25) is 23.6 Å². The zero-order valence-corrected chi connectivity index (χ0v) is 29.3. The fourth-order valence-corrected chi connectivity index (χ4v) is 4.76. The highest BCUT2D eigenvalue weighted by Crippen LogP contribution is 2.12. The summed E-state index contributed by atoms with van der Waals surface area (Å²) in [6, 6.07) is 0.152. The van der Waals surface area contributed by atoms with Crippen LogP contribution >= 0.6 is 0 Å². The van der Waals surface area contributed by atoms with Crippen molar-refractivity contribution >= 4 is 47.4 Å². The van der Waals surface area contributed by atoms with Gasteiger partial charge in [-0.1, -0.05) is 58.0 Å². The maximum Gasteiger partial charge on any atom is 0.325 e. The van der Waals surface area contributed by atoms with Crippen molar-refractivity contribution < 1.29 is 58.8 Å². The Morgan fingerprint density at radius 2 is 1.25 bits per heavy atom. The number of hydrogen-bond donors (Lipinski definition) is 10. The van der Waals surface area contributed by atoms with E-state index < -0.39 is 102 Å². The van der Waals surface area contributed by atoms with E-state index in [1.165, 1.54) is 0 Å². The Kier molecular flexibility index (Phi) is 18.3. The van der Waals surface area contributed by atoms with Gasteiger partial charge in [0.05, 0.1) is 18.5 Å². The van der Waals surface area contributed by atoms with Crippen molar-refractivity contribution in [1.82, 2.24) is 26.6 Å². The number of nitrogens with one attached hydrogen (secondary N) is 5. The predicted octanol–water partition coefficient (Wildman–Crippen LogP) is -1.51. The summed E-state index contributed by atoms with van der Waals surface area (Å²) in [6.07, 6.45) is -3.61. The third-order valence-electron chi connectivity index (χ3n) is 7.61. The minimum atomic E-state index is -2.07. The van der Waals surface area contributed by atoms with Crippen molar-refractivity contribution in [2.45, 2.75) is 109 Å². The highest BCUT2D eigenvalue weighted by molar-refractivity contribution is 5.95. The molecular formula is C33H50N6O12. The SMILES string of the molecule is CC(C)C[C@H](NC(=O)[C@@H](NC(=O)[C@@H](N)CCC(=O)O)C(C)C)C(=O)N[C@@H](Cc1ccccc1)[C@@H](O)C(=O)N[C@@H](CC(=O)O)C(=O)N[C@@H](C)C(=O)O. The summed E-state index contributed by atoms with van der Waals surface area (Å²) in [7, 11) is 0. The molecule has 0 radical (unpaired) electrons. The van der Waals surface area contributed by atoms with E-state index in [2.05, 4.69) is 26.6 Å². The van der Waals surface area contributed by atoms with Crippen LogP contribution in [0.2, 0.25) is 0 Å². The van der Waals surface area contributed by atoms with Crippen molar-refractivity contribution in [1.29, 1.82) is 0 Å². The Labute approximate surface area is 295 Å². The van der Waals surface area contributed by atoms with Crippen molar-refractivity contribution in [2.24, 2.45) is 17.6 Å². The van der Waals surface area contributed by atoms with E-state index in [0.29, 0.717) is 5.56 Å². The summed E-state index contributed by atoms with van der Waals surface area (Å²) >= 11 is 0. The second-order valence-electron chi connectivity index (χ2n) is 12.9. The maximum absolute atomic E-state index is 13.7. The van der Waals surface area contributed by atoms with Crippen LogP contribution < -0.4 is 32.3 Å². The van der Waals surface area contributed by atoms with E-state index >= 15 is 0 Å². The average molecular weight is 723 g/mol. The maximum atomic E-state index is 13.7. The number of carbonyl (C=O) groups excluding carboxylic acids is 5. The van der Waals surface area contributed by atoms with Gasteiger partial charge >= 0.3 is 17.9 Å². The topological polar surface area (TPSA) is 304 Å². The van der Waals surface area contributed by atoms with Crippen molar-refractivity contribution in [3.8, 4) is 0 Å². The molecule has 11 N–H and O–H groups in total. The van der Waals surface area contributed by atoms with E-state index in [1.54, 1.807) is 58.0 Å². The van der Waals surface area contributed by atoms with Crippen LogP contribution in [-0.2, 0) is 44.8 Å². The molecule has 51 heavy (non-hydrogen) atoms. The summed E-state index contributed by atoms with van der Waals surface area (Å²) in [5.74, 6) is -9.44. The molecule has 18 nitrogen and oxygen atoms in total. The first-order valence-electron chi connectivity index (χ1n) is 16.4. The van der Waals surface area contributed by atoms with Crippen molar-refractivity contribution in [3.63, 3.8) is 0 Å². The number of carboxylic acid groups (broad SMARTS) is 3. The molecule has 0 saturated carbocycles. The molecule has 5 amide bonds. The third-order valence-corrected chi connectivity index (χ3v) is 7.61. The summed E-state index contributed by atoms with van der Waals surface area (Å²) in [5.41, 5.74) is 6.37. The molecule has 0 bridgehead atoms. The predicted molar refractivity (Wildman–Crippen MR) is 181 cm³/mol. The highest BCUT2D eigenvalue weighted by Gasteiger charge is 2.36. The van der Waals surface area contributed by atoms with Crippen LogP contribution in [0, 0.1) is 11.8 Å². The Morgan fingerprint density at radius 3 is 1.76 bits per heavy atom. The number of nitrogens with two attached hydrogens (primary N) is 1. The van der Waals surface area contributed by atoms with Gasteiger partial charge in [-0.2, -0.15) is 0 Å². The van der Waals surface area contributed by atoms with Crippen LogP contribution in [-0.4, -0.2) is 110 Å². The fraction of sp³-hybridized carbons (Fsp3) is 0.576. The molecule has 0 spiro atoms. The minimum Gasteiger partial charge on any atom is -0.481 e. The van der Waals surface area contributed by atoms with Crippen LogP contribution in [0.4, 0.5) is 0 Å². The fourth-order valence-electron chi connectivity index (χ4n) is 4.76. The standard InChI is InChI=1S/C33H50N6O12/c1-16(2)13-22(37-31(48)26(17(3)4)39-28(45)20(34)11-12-24(40)41)30(47)36-21(14-19-9-7-6-8-10-19)27(44)32(49)38-23(15-25(42)43)29(46)35-18(5)33(50)51/h6-10,16-18,20-23,26-27,44H,11-15,34H2,1-5H3,(H,35,46)(H,36,47)(H,37,48)(H,38,49)(H,39,45)(H,40,41)(H,42,43)(H,50,51)/t18-,20-,21-,22-,23-,26-,27+/m0/s1. The lowest BCUT2D eigenvalue weighted by Crippen LogP contribution is -2.60. The molecule has 0 aliphatic rings. The molecule has 1 aromatic rings. The lowest BCUT2D eigenvalue weighted by molar-refractivity contribution is -0.144. The Bertz CT molecular complexity index is 1390. The molecule has 0 aromatic heterocycles. The average Bonchev–Trinajstić information content (AvgIpc) is 3.04. The molecule has 7 atom stereocenters. The third kappa shape index (κ3) is 16.0. The Hall–Kier alpha value is -5.10. The number of carboxylic acids is 3. The second-order valence-corrected chi connectivity index (χ2v) is 12.9. The number of carbonyl (C=O) groups is 8. The Balaban J connectivity index is 3.31. The molecule has 0 aliphatic carbocycles. The molecule has 18 heteroatoms. The quantitative estimate of drug-likeness (QED) is 0.0652. The monoisotopic (exact) mass is 722 g/mol. The van der Waals surface area contributed by atoms with E-state index in [-0.39, 0.29) is 31.6 Å². The number of aliphatic hydroxyl groups excluding tert-OH is 1. The van der Waals surface area contributed by atoms with Crippen LogP contribution in [0.25, 0.3) is 0 Å². The van der Waals surface area contributed by atoms with Gasteiger partial charge < -0.3 is 52.7 Å². The lowest BCUT2D eigenvalue weighted by atomic mass is 9.97. The molecule has 0 heterocycles. The Morgan fingerprint density at radius 1 is 0.686 bits per heavy atom. The van der Waals surface area contributed by atoms with Gasteiger partial charge in [0, 0.05) is 6.42 Å². The van der Waals surface area contributed by atoms with Crippen molar-refractivity contribution in [2.75, 3.05) is 0 Å². The van der Waals surface area contributed by atoms with E-state index in [0.717, 1.165) is 6.92 Å². The highest BCUT2D eigenvalue weighted by atomic mass is 16.4. The first-order valence-corrected chi connectivity index (χ1v) is 16.4. The van der Waals surface area contributed by atoms with Crippen LogP contribution in [0.5, 0.6) is 0 Å². The van der Waals surface area contributed by atoms with Gasteiger partial charge in [-0.25, -0.2) is 0 Å². The number of benzene rings is 1. The van der Waals surface area contributed by atoms with Crippen LogP contribution in [0.1, 0.15) is 65.9 Å². The van der Waals surface area contributed by atoms with E-state index in [9.17, 15) is 48.6 Å². The van der Waals surface area contributed by atoms with E-state index in [1.807, 2.05) is 0 Å². The second kappa shape index (κ2) is 21.2. The van der Waals surface area contributed by atoms with Crippen molar-refractivity contribution in [3.05, 3.63) is 35.9 Å². The van der Waals surface area contributed by atoms with Gasteiger partial charge in [-0.3, -0.25) is 38.4 Å². The van der Waals surface area contributed by atoms with Crippen LogP contribution in [0.15, 0.2) is 30.3 Å². The first-order chi connectivity index (χ1) is 23.7. The zero-order chi connectivity index (χ0) is 39.0. The normalized spacial score (nSPS) is 15.2. The molecule has 0 aliphatic heterocycles. The zero-order valence-electron chi connectivity index (χ0n) is 29.3. The number of amides is 5. The summed E-state index contributed by atoms with van der Waals surface area (Å²) in [5, 5.41) is 50.3. The number of rotatable bonds is 22. The van der Waals surface area contributed by atoms with Gasteiger partial charge in [-0.05, 0) is 43.6 Å². The number of aliphatic hydroxyl groups is 1. The van der Waals surface area contributed by atoms with Gasteiger partial charge in [-0.15, -0.1) is 0 Å². The molecule has 1 rings (SSSR count). The number of aliphatic carboxylic acids is 3. The van der Waals surface area contributed by atoms with E-state index in [4.69, 9.17) is 15.9 Å².